The molecule has 1 nitrogen and oxygen atoms in total. The second-order valence-corrected chi connectivity index (χ2v) is 4.32. The summed E-state index contributed by atoms with van der Waals surface area (Å²) in [4.78, 5) is 0. The molecule has 3 heteroatoms. The van der Waals surface area contributed by atoms with Crippen molar-refractivity contribution in [3.63, 3.8) is 0 Å². The first-order chi connectivity index (χ1) is 7.72. The Balaban J connectivity index is 2.30. The van der Waals surface area contributed by atoms with Gasteiger partial charge in [0.25, 0.3) is 0 Å². The molecule has 16 heavy (non-hydrogen) atoms. The van der Waals surface area contributed by atoms with Crippen LogP contribution in [0.25, 0.3) is 0 Å². The van der Waals surface area contributed by atoms with E-state index in [9.17, 15) is 8.78 Å². The van der Waals surface area contributed by atoms with Crippen LogP contribution in [0.3, 0.4) is 0 Å². The van der Waals surface area contributed by atoms with Gasteiger partial charge in [-0.15, -0.1) is 0 Å². The molecule has 0 aromatic heterocycles. The van der Waals surface area contributed by atoms with E-state index < -0.39 is 17.6 Å². The molecule has 1 aromatic carbocycles. The Morgan fingerprint density at radius 3 is 2.50 bits per heavy atom. The molecule has 84 valence electrons. The van der Waals surface area contributed by atoms with Gasteiger partial charge in [0.05, 0.1) is 12.0 Å². The number of rotatable bonds is 2. The van der Waals surface area contributed by atoms with Crippen LogP contribution in [0.2, 0.25) is 0 Å². The summed E-state index contributed by atoms with van der Waals surface area (Å²) in [7, 11) is 0. The van der Waals surface area contributed by atoms with Crippen LogP contribution >= 0.6 is 0 Å². The largest absolute Gasteiger partial charge is 0.207 e. The number of benzene rings is 1. The Bertz CT molecular complexity index is 416. The lowest BCUT2D eigenvalue weighted by atomic mass is 9.86. The standard InChI is InChI=1S/C13H13F2N/c14-10-5-6-11(13(15)7-10)12(8-16)9-3-1-2-4-9/h5-7,9,12H,1-4H2. The van der Waals surface area contributed by atoms with Crippen LogP contribution in [0, 0.1) is 28.9 Å². The minimum absolute atomic E-state index is 0.227. The Labute approximate surface area is 93.7 Å². The zero-order valence-corrected chi connectivity index (χ0v) is 8.92. The first-order valence-corrected chi connectivity index (χ1v) is 5.57. The van der Waals surface area contributed by atoms with E-state index >= 15 is 0 Å². The van der Waals surface area contributed by atoms with E-state index in [2.05, 4.69) is 6.07 Å². The van der Waals surface area contributed by atoms with Crippen molar-refractivity contribution in [3.8, 4) is 6.07 Å². The van der Waals surface area contributed by atoms with Crippen LogP contribution in [0.15, 0.2) is 18.2 Å². The third-order valence-electron chi connectivity index (χ3n) is 3.31. The molecule has 0 amide bonds. The van der Waals surface area contributed by atoms with Gasteiger partial charge < -0.3 is 0 Å². The van der Waals surface area contributed by atoms with Crippen molar-refractivity contribution in [2.45, 2.75) is 31.6 Å². The number of nitrogens with zero attached hydrogens (tertiary/aromatic N) is 1. The summed E-state index contributed by atoms with van der Waals surface area (Å²) in [5.74, 6) is -1.39. The quantitative estimate of drug-likeness (QED) is 0.745. The predicted molar refractivity (Wildman–Crippen MR) is 56.7 cm³/mol. The van der Waals surface area contributed by atoms with E-state index in [0.29, 0.717) is 5.56 Å². The zero-order valence-electron chi connectivity index (χ0n) is 8.92. The maximum Gasteiger partial charge on any atom is 0.130 e. The highest BCUT2D eigenvalue weighted by Gasteiger charge is 2.28. The first-order valence-electron chi connectivity index (χ1n) is 5.57. The molecule has 0 bridgehead atoms. The minimum Gasteiger partial charge on any atom is -0.207 e. The molecule has 0 spiro atoms. The number of hydrogen-bond acceptors (Lipinski definition) is 1. The van der Waals surface area contributed by atoms with Gasteiger partial charge in [0.2, 0.25) is 0 Å². The van der Waals surface area contributed by atoms with Crippen LogP contribution in [0.1, 0.15) is 37.2 Å². The summed E-state index contributed by atoms with van der Waals surface area (Å²) >= 11 is 0. The van der Waals surface area contributed by atoms with Crippen molar-refractivity contribution >= 4 is 0 Å². The lowest BCUT2D eigenvalue weighted by molar-refractivity contribution is 0.477. The molecule has 0 heterocycles. The molecular weight excluding hydrogens is 208 g/mol. The molecule has 2 rings (SSSR count). The molecule has 0 radical (unpaired) electrons. The number of hydrogen-bond donors (Lipinski definition) is 0. The molecule has 1 aromatic rings. The van der Waals surface area contributed by atoms with Gasteiger partial charge in [-0.25, -0.2) is 8.78 Å². The molecule has 1 saturated carbocycles. The second-order valence-electron chi connectivity index (χ2n) is 4.32. The SMILES string of the molecule is N#CC(c1ccc(F)cc1F)C1CCCC1. The van der Waals surface area contributed by atoms with Gasteiger partial charge in [0.15, 0.2) is 0 Å². The summed E-state index contributed by atoms with van der Waals surface area (Å²) in [6.07, 6.45) is 4.14. The highest BCUT2D eigenvalue weighted by Crippen LogP contribution is 2.37. The van der Waals surface area contributed by atoms with E-state index in [1.165, 1.54) is 12.1 Å². The number of nitriles is 1. The molecule has 1 aliphatic rings. The van der Waals surface area contributed by atoms with Gasteiger partial charge in [-0.3, -0.25) is 0 Å². The summed E-state index contributed by atoms with van der Waals surface area (Å²) in [6.45, 7) is 0. The van der Waals surface area contributed by atoms with E-state index in [-0.39, 0.29) is 5.92 Å². The van der Waals surface area contributed by atoms with Crippen LogP contribution in [0.5, 0.6) is 0 Å². The third kappa shape index (κ3) is 2.06. The van der Waals surface area contributed by atoms with E-state index in [1.54, 1.807) is 0 Å². The summed E-state index contributed by atoms with van der Waals surface area (Å²) in [5.41, 5.74) is 0.343. The van der Waals surface area contributed by atoms with Gasteiger partial charge in [-0.2, -0.15) is 5.26 Å². The third-order valence-corrected chi connectivity index (χ3v) is 3.31. The molecule has 1 unspecified atom stereocenters. The van der Waals surface area contributed by atoms with Gasteiger partial charge in [-0.05, 0) is 24.8 Å². The average Bonchev–Trinajstić information content (AvgIpc) is 2.75. The molecule has 0 saturated heterocycles. The van der Waals surface area contributed by atoms with Gasteiger partial charge in [0.1, 0.15) is 11.6 Å². The van der Waals surface area contributed by atoms with Gasteiger partial charge in [-0.1, -0.05) is 18.9 Å². The fourth-order valence-corrected chi connectivity index (χ4v) is 2.47. The lowest BCUT2D eigenvalue weighted by Gasteiger charge is -2.17. The van der Waals surface area contributed by atoms with Crippen LogP contribution in [0.4, 0.5) is 8.78 Å². The highest BCUT2D eigenvalue weighted by molar-refractivity contribution is 5.28. The maximum absolute atomic E-state index is 13.5. The Morgan fingerprint density at radius 2 is 1.94 bits per heavy atom. The number of halogens is 2. The molecule has 1 aliphatic carbocycles. The summed E-state index contributed by atoms with van der Waals surface area (Å²) in [6, 6.07) is 5.63. The van der Waals surface area contributed by atoms with E-state index in [1.807, 2.05) is 0 Å². The fourth-order valence-electron chi connectivity index (χ4n) is 2.47. The van der Waals surface area contributed by atoms with Crippen molar-refractivity contribution in [3.05, 3.63) is 35.4 Å². The minimum atomic E-state index is -0.599. The Kier molecular flexibility index (Phi) is 3.19. The van der Waals surface area contributed by atoms with Crippen molar-refractivity contribution in [2.75, 3.05) is 0 Å². The smallest absolute Gasteiger partial charge is 0.130 e. The average molecular weight is 221 g/mol. The maximum atomic E-state index is 13.5. The Hall–Kier alpha value is -1.43. The summed E-state index contributed by atoms with van der Waals surface area (Å²) < 4.78 is 26.3. The van der Waals surface area contributed by atoms with Crippen LogP contribution in [-0.4, -0.2) is 0 Å². The van der Waals surface area contributed by atoms with Crippen molar-refractivity contribution in [1.29, 1.82) is 5.26 Å². The summed E-state index contributed by atoms with van der Waals surface area (Å²) in [5, 5.41) is 9.12. The van der Waals surface area contributed by atoms with Crippen LogP contribution < -0.4 is 0 Å². The van der Waals surface area contributed by atoms with E-state index in [0.717, 1.165) is 31.7 Å². The van der Waals surface area contributed by atoms with E-state index in [4.69, 9.17) is 5.26 Å². The molecular formula is C13H13F2N. The molecule has 0 N–H and O–H groups in total. The van der Waals surface area contributed by atoms with Gasteiger partial charge in [0, 0.05) is 11.6 Å². The highest BCUT2D eigenvalue weighted by atomic mass is 19.1. The predicted octanol–water partition coefficient (Wildman–Crippen LogP) is 3.76. The normalized spacial score (nSPS) is 18.3. The van der Waals surface area contributed by atoms with Crippen molar-refractivity contribution in [1.82, 2.24) is 0 Å². The zero-order chi connectivity index (χ0) is 11.5. The lowest BCUT2D eigenvalue weighted by Crippen LogP contribution is -2.09. The second kappa shape index (κ2) is 4.61. The van der Waals surface area contributed by atoms with Crippen molar-refractivity contribution < 1.29 is 8.78 Å². The molecule has 1 fully saturated rings. The monoisotopic (exact) mass is 221 g/mol. The Morgan fingerprint density at radius 1 is 1.25 bits per heavy atom. The fraction of sp³-hybridized carbons (Fsp3) is 0.462. The molecule has 0 aliphatic heterocycles. The van der Waals surface area contributed by atoms with Gasteiger partial charge >= 0.3 is 0 Å². The topological polar surface area (TPSA) is 23.8 Å². The van der Waals surface area contributed by atoms with Crippen molar-refractivity contribution in [2.24, 2.45) is 5.92 Å². The first kappa shape index (κ1) is 11.1. The van der Waals surface area contributed by atoms with Crippen LogP contribution in [-0.2, 0) is 0 Å². The molecule has 1 atom stereocenters.